The normalized spacial score (nSPS) is 19.6. The van der Waals surface area contributed by atoms with Gasteiger partial charge in [-0.1, -0.05) is 0 Å². The Morgan fingerprint density at radius 3 is 2.43 bits per heavy atom. The van der Waals surface area contributed by atoms with Crippen LogP contribution in [0.15, 0.2) is 24.3 Å². The zero-order valence-corrected chi connectivity index (χ0v) is 11.2. The van der Waals surface area contributed by atoms with Gasteiger partial charge in [0.2, 0.25) is 11.8 Å². The molecule has 0 heterocycles. The van der Waals surface area contributed by atoms with E-state index < -0.39 is 23.7 Å². The zero-order chi connectivity index (χ0) is 15.4. The Kier molecular flexibility index (Phi) is 4.42. The quantitative estimate of drug-likeness (QED) is 0.680. The number of hydrogen-bond donors (Lipinski definition) is 3. The number of aliphatic carboxylic acids is 1. The number of benzene rings is 1. The molecule has 0 saturated heterocycles. The van der Waals surface area contributed by atoms with Crippen molar-refractivity contribution < 1.29 is 24.2 Å². The summed E-state index contributed by atoms with van der Waals surface area (Å²) in [5.41, 5.74) is 5.56. The van der Waals surface area contributed by atoms with E-state index in [0.29, 0.717) is 17.9 Å². The lowest BCUT2D eigenvalue weighted by Gasteiger charge is -2.07. The second kappa shape index (κ2) is 6.25. The van der Waals surface area contributed by atoms with Crippen molar-refractivity contribution in [3.8, 4) is 5.75 Å². The topological polar surface area (TPSA) is 119 Å². The Balaban J connectivity index is 1.81. The third-order valence-electron chi connectivity index (χ3n) is 3.18. The summed E-state index contributed by atoms with van der Waals surface area (Å²) in [4.78, 5) is 33.0. The summed E-state index contributed by atoms with van der Waals surface area (Å²) in [6.07, 6.45) is 0.520. The van der Waals surface area contributed by atoms with Crippen LogP contribution in [0.3, 0.4) is 0 Å². The highest BCUT2D eigenvalue weighted by Gasteiger charge is 2.48. The lowest BCUT2D eigenvalue weighted by molar-refractivity contribution is -0.139. The lowest BCUT2D eigenvalue weighted by atomic mass is 10.2. The molecular formula is C14H16N2O5. The summed E-state index contributed by atoms with van der Waals surface area (Å²) in [6, 6.07) is 6.60. The van der Waals surface area contributed by atoms with Crippen molar-refractivity contribution >= 4 is 23.5 Å². The minimum atomic E-state index is -0.937. The van der Waals surface area contributed by atoms with Gasteiger partial charge in [0.15, 0.2) is 0 Å². The number of anilines is 1. The molecule has 1 aromatic carbocycles. The van der Waals surface area contributed by atoms with Crippen LogP contribution in [0.2, 0.25) is 0 Å². The Hall–Kier alpha value is -2.57. The van der Waals surface area contributed by atoms with E-state index in [1.807, 2.05) is 0 Å². The fraction of sp³-hybridized carbons (Fsp3) is 0.357. The van der Waals surface area contributed by atoms with Gasteiger partial charge in [-0.15, -0.1) is 0 Å². The largest absolute Gasteiger partial charge is 0.493 e. The van der Waals surface area contributed by atoms with Gasteiger partial charge in [0.1, 0.15) is 5.75 Å². The third-order valence-corrected chi connectivity index (χ3v) is 3.18. The second-order valence-electron chi connectivity index (χ2n) is 4.87. The highest BCUT2D eigenvalue weighted by atomic mass is 16.5. The summed E-state index contributed by atoms with van der Waals surface area (Å²) >= 11 is 0. The summed E-state index contributed by atoms with van der Waals surface area (Å²) in [5, 5.41) is 11.4. The van der Waals surface area contributed by atoms with E-state index in [4.69, 9.17) is 15.6 Å². The van der Waals surface area contributed by atoms with Gasteiger partial charge in [0.25, 0.3) is 0 Å². The predicted molar refractivity (Wildman–Crippen MR) is 73.6 cm³/mol. The lowest BCUT2D eigenvalue weighted by Crippen LogP contribution is -2.16. The summed E-state index contributed by atoms with van der Waals surface area (Å²) in [5.74, 6) is -2.12. The number of carboxylic acids is 1. The molecule has 1 saturated carbocycles. The molecule has 0 radical (unpaired) electrons. The van der Waals surface area contributed by atoms with E-state index in [-0.39, 0.29) is 18.9 Å². The summed E-state index contributed by atoms with van der Waals surface area (Å²) in [6.45, 7) is 0.198. The summed E-state index contributed by atoms with van der Waals surface area (Å²) < 4.78 is 5.29. The van der Waals surface area contributed by atoms with E-state index in [1.165, 1.54) is 0 Å². The average molecular weight is 292 g/mol. The highest BCUT2D eigenvalue weighted by molar-refractivity contribution is 5.98. The minimum Gasteiger partial charge on any atom is -0.493 e. The molecule has 7 nitrogen and oxygen atoms in total. The predicted octanol–water partition coefficient (Wildman–Crippen LogP) is 0.600. The molecule has 0 spiro atoms. The molecule has 21 heavy (non-hydrogen) atoms. The van der Waals surface area contributed by atoms with Gasteiger partial charge < -0.3 is 20.9 Å². The molecule has 1 aromatic rings. The van der Waals surface area contributed by atoms with Gasteiger partial charge in [-0.3, -0.25) is 14.4 Å². The maximum Gasteiger partial charge on any atom is 0.307 e. The Labute approximate surface area is 121 Å². The van der Waals surface area contributed by atoms with Crippen molar-refractivity contribution in [2.45, 2.75) is 12.8 Å². The molecule has 0 aromatic heterocycles. The highest BCUT2D eigenvalue weighted by Crippen LogP contribution is 2.39. The van der Waals surface area contributed by atoms with Crippen LogP contribution < -0.4 is 15.8 Å². The van der Waals surface area contributed by atoms with E-state index in [1.54, 1.807) is 24.3 Å². The van der Waals surface area contributed by atoms with Crippen molar-refractivity contribution in [2.75, 3.05) is 11.9 Å². The maximum absolute atomic E-state index is 11.8. The van der Waals surface area contributed by atoms with Crippen LogP contribution in [-0.2, 0) is 14.4 Å². The SMILES string of the molecule is NC(=O)CCOc1ccc(NC(=O)[C@@H]2C[C@@H]2C(=O)O)cc1. The molecular weight excluding hydrogens is 276 g/mol. The third kappa shape index (κ3) is 4.20. The van der Waals surface area contributed by atoms with Gasteiger partial charge >= 0.3 is 5.97 Å². The first-order valence-electron chi connectivity index (χ1n) is 6.52. The number of carboxylic acid groups (broad SMARTS) is 1. The van der Waals surface area contributed by atoms with Gasteiger partial charge in [-0.2, -0.15) is 0 Å². The summed E-state index contributed by atoms with van der Waals surface area (Å²) in [7, 11) is 0. The molecule has 2 amide bonds. The molecule has 4 N–H and O–H groups in total. The van der Waals surface area contributed by atoms with Crippen molar-refractivity contribution in [3.63, 3.8) is 0 Å². The van der Waals surface area contributed by atoms with Gasteiger partial charge in [-0.05, 0) is 30.7 Å². The Morgan fingerprint density at radius 1 is 1.24 bits per heavy atom. The van der Waals surface area contributed by atoms with E-state index in [9.17, 15) is 14.4 Å². The van der Waals surface area contributed by atoms with Crippen molar-refractivity contribution in [2.24, 2.45) is 17.6 Å². The smallest absolute Gasteiger partial charge is 0.307 e. The number of ether oxygens (including phenoxy) is 1. The first-order valence-corrected chi connectivity index (χ1v) is 6.52. The van der Waals surface area contributed by atoms with Crippen LogP contribution in [-0.4, -0.2) is 29.5 Å². The fourth-order valence-electron chi connectivity index (χ4n) is 1.90. The number of nitrogens with two attached hydrogens (primary N) is 1. The number of carbonyl (C=O) groups is 3. The van der Waals surface area contributed by atoms with Crippen LogP contribution >= 0.6 is 0 Å². The first-order chi connectivity index (χ1) is 9.97. The van der Waals surface area contributed by atoms with Crippen LogP contribution in [0.4, 0.5) is 5.69 Å². The number of amides is 2. The number of carbonyl (C=O) groups excluding carboxylic acids is 2. The van der Waals surface area contributed by atoms with Crippen LogP contribution in [0.5, 0.6) is 5.75 Å². The molecule has 1 fully saturated rings. The van der Waals surface area contributed by atoms with Gasteiger partial charge in [0, 0.05) is 5.69 Å². The van der Waals surface area contributed by atoms with Gasteiger partial charge in [-0.25, -0.2) is 0 Å². The molecule has 2 atom stereocenters. The number of nitrogens with one attached hydrogen (secondary N) is 1. The van der Waals surface area contributed by atoms with Gasteiger partial charge in [0.05, 0.1) is 24.9 Å². The zero-order valence-electron chi connectivity index (χ0n) is 11.2. The van der Waals surface area contributed by atoms with Crippen molar-refractivity contribution in [3.05, 3.63) is 24.3 Å². The molecule has 7 heteroatoms. The standard InChI is InChI=1S/C14H16N2O5/c15-12(17)5-6-21-9-3-1-8(2-4-9)16-13(18)10-7-11(10)14(19)20/h1-4,10-11H,5-7H2,(H2,15,17)(H,16,18)(H,19,20)/t10-,11+/m1/s1. The number of hydrogen-bond acceptors (Lipinski definition) is 4. The monoisotopic (exact) mass is 292 g/mol. The fourth-order valence-corrected chi connectivity index (χ4v) is 1.90. The van der Waals surface area contributed by atoms with Crippen LogP contribution in [0.25, 0.3) is 0 Å². The second-order valence-corrected chi connectivity index (χ2v) is 4.87. The molecule has 0 bridgehead atoms. The molecule has 2 rings (SSSR count). The van der Waals surface area contributed by atoms with Crippen molar-refractivity contribution in [1.29, 1.82) is 0 Å². The number of rotatable bonds is 7. The molecule has 112 valence electrons. The molecule has 1 aliphatic carbocycles. The molecule has 0 unspecified atom stereocenters. The Morgan fingerprint density at radius 2 is 1.90 bits per heavy atom. The first kappa shape index (κ1) is 14.8. The van der Waals surface area contributed by atoms with E-state index in [0.717, 1.165) is 0 Å². The van der Waals surface area contributed by atoms with Crippen molar-refractivity contribution in [1.82, 2.24) is 0 Å². The Bertz CT molecular complexity index is 555. The van der Waals surface area contributed by atoms with E-state index >= 15 is 0 Å². The average Bonchev–Trinajstić information content (AvgIpc) is 3.21. The molecule has 0 aliphatic heterocycles. The number of primary amides is 1. The maximum atomic E-state index is 11.8. The van der Waals surface area contributed by atoms with E-state index in [2.05, 4.69) is 5.32 Å². The minimum absolute atomic E-state index is 0.136. The molecule has 1 aliphatic rings. The van der Waals surface area contributed by atoms with Crippen LogP contribution in [0, 0.1) is 11.8 Å². The van der Waals surface area contributed by atoms with Crippen LogP contribution in [0.1, 0.15) is 12.8 Å².